The molecular weight excluding hydrogens is 312 g/mol. The zero-order chi connectivity index (χ0) is 16.8. The number of amides is 1. The number of hydrogen-bond donors (Lipinski definition) is 1. The van der Waals surface area contributed by atoms with E-state index in [1.165, 1.54) is 0 Å². The fourth-order valence-electron chi connectivity index (χ4n) is 3.61. The highest BCUT2D eigenvalue weighted by Gasteiger charge is 2.35. The van der Waals surface area contributed by atoms with E-state index in [-0.39, 0.29) is 17.4 Å². The van der Waals surface area contributed by atoms with Gasteiger partial charge in [0, 0.05) is 30.1 Å². The lowest BCUT2D eigenvalue weighted by molar-refractivity contribution is -0.117. The first-order valence-corrected chi connectivity index (χ1v) is 9.62. The summed E-state index contributed by atoms with van der Waals surface area (Å²) in [6.45, 7) is 6.51. The van der Waals surface area contributed by atoms with Gasteiger partial charge in [0.1, 0.15) is 0 Å². The largest absolute Gasteiger partial charge is 0.326 e. The Morgan fingerprint density at radius 1 is 1.26 bits per heavy atom. The maximum absolute atomic E-state index is 13.0. The summed E-state index contributed by atoms with van der Waals surface area (Å²) in [6.07, 6.45) is 3.27. The predicted octanol–water partition coefficient (Wildman–Crippen LogP) is 2.87. The summed E-state index contributed by atoms with van der Waals surface area (Å²) in [4.78, 5) is 12.1. The topological polar surface area (TPSA) is 66.5 Å². The smallest absolute Gasteiger partial charge is 0.243 e. The monoisotopic (exact) mass is 336 g/mol. The maximum atomic E-state index is 13.0. The van der Waals surface area contributed by atoms with E-state index in [4.69, 9.17) is 0 Å². The van der Waals surface area contributed by atoms with E-state index >= 15 is 0 Å². The number of carbonyl (C=O) groups excluding carboxylic acids is 1. The van der Waals surface area contributed by atoms with Crippen LogP contribution in [0, 0.1) is 0 Å². The van der Waals surface area contributed by atoms with Crippen LogP contribution < -0.4 is 5.32 Å². The molecule has 1 aromatic rings. The minimum absolute atomic E-state index is 0.0252. The van der Waals surface area contributed by atoms with E-state index in [0.29, 0.717) is 17.9 Å². The van der Waals surface area contributed by atoms with E-state index in [2.05, 4.69) is 5.32 Å². The molecule has 1 atom stereocenters. The molecule has 2 heterocycles. The SMILES string of the molecule is CC1CCCCN1S(=O)(=O)c1ccc2c(c1)C(C)(C)CC(=O)N2. The van der Waals surface area contributed by atoms with Crippen molar-refractivity contribution in [3.63, 3.8) is 0 Å². The van der Waals surface area contributed by atoms with Gasteiger partial charge in [-0.2, -0.15) is 4.31 Å². The summed E-state index contributed by atoms with van der Waals surface area (Å²) < 4.78 is 27.6. The molecule has 0 spiro atoms. The molecule has 1 N–H and O–H groups in total. The van der Waals surface area contributed by atoms with Crippen LogP contribution in [0.4, 0.5) is 5.69 Å². The molecule has 0 radical (unpaired) electrons. The van der Waals surface area contributed by atoms with Crippen LogP contribution in [0.2, 0.25) is 0 Å². The molecular formula is C17H24N2O3S. The van der Waals surface area contributed by atoms with Crippen LogP contribution in [0.1, 0.15) is 52.0 Å². The van der Waals surface area contributed by atoms with Crippen LogP contribution in [0.5, 0.6) is 0 Å². The third-order valence-corrected chi connectivity index (χ3v) is 6.95. The second-order valence-electron chi connectivity index (χ2n) is 7.28. The summed E-state index contributed by atoms with van der Waals surface area (Å²) in [5, 5.41) is 2.84. The molecule has 2 aliphatic rings. The molecule has 3 rings (SSSR count). The Morgan fingerprint density at radius 2 is 2.00 bits per heavy atom. The third kappa shape index (κ3) is 2.90. The van der Waals surface area contributed by atoms with Gasteiger partial charge in [-0.25, -0.2) is 8.42 Å². The van der Waals surface area contributed by atoms with Crippen LogP contribution in [0.15, 0.2) is 23.1 Å². The van der Waals surface area contributed by atoms with Crippen molar-refractivity contribution in [1.82, 2.24) is 4.31 Å². The molecule has 1 saturated heterocycles. The van der Waals surface area contributed by atoms with Crippen LogP contribution in [-0.4, -0.2) is 31.2 Å². The normalized spacial score (nSPS) is 24.8. The van der Waals surface area contributed by atoms with Crippen LogP contribution in [0.3, 0.4) is 0 Å². The van der Waals surface area contributed by atoms with Crippen molar-refractivity contribution >= 4 is 21.6 Å². The zero-order valence-corrected chi connectivity index (χ0v) is 14.7. The lowest BCUT2D eigenvalue weighted by Gasteiger charge is -2.34. The predicted molar refractivity (Wildman–Crippen MR) is 89.9 cm³/mol. The highest BCUT2D eigenvalue weighted by molar-refractivity contribution is 7.89. The standard InChI is InChI=1S/C17H24N2O3S/c1-12-6-4-5-9-19(12)23(21,22)13-7-8-15-14(10-13)17(2,3)11-16(20)18-15/h7-8,10,12H,4-6,9,11H2,1-3H3,(H,18,20). The van der Waals surface area contributed by atoms with E-state index in [0.717, 1.165) is 30.5 Å². The summed E-state index contributed by atoms with van der Waals surface area (Å²) >= 11 is 0. The number of sulfonamides is 1. The van der Waals surface area contributed by atoms with Crippen LogP contribution >= 0.6 is 0 Å². The minimum atomic E-state index is -3.49. The number of nitrogens with zero attached hydrogens (tertiary/aromatic N) is 1. The lowest BCUT2D eigenvalue weighted by Crippen LogP contribution is -2.42. The van der Waals surface area contributed by atoms with Gasteiger partial charge in [-0.15, -0.1) is 0 Å². The van der Waals surface area contributed by atoms with Crippen molar-refractivity contribution in [3.8, 4) is 0 Å². The van der Waals surface area contributed by atoms with Crippen molar-refractivity contribution in [1.29, 1.82) is 0 Å². The Labute approximate surface area is 138 Å². The van der Waals surface area contributed by atoms with Gasteiger partial charge >= 0.3 is 0 Å². The quantitative estimate of drug-likeness (QED) is 0.903. The second kappa shape index (κ2) is 5.60. The van der Waals surface area contributed by atoms with E-state index in [1.807, 2.05) is 20.8 Å². The fraction of sp³-hybridized carbons (Fsp3) is 0.588. The van der Waals surface area contributed by atoms with Gasteiger partial charge in [-0.05, 0) is 43.5 Å². The Balaban J connectivity index is 2.03. The molecule has 23 heavy (non-hydrogen) atoms. The van der Waals surface area contributed by atoms with Gasteiger partial charge in [-0.1, -0.05) is 20.3 Å². The van der Waals surface area contributed by atoms with E-state index in [1.54, 1.807) is 22.5 Å². The number of fused-ring (bicyclic) bond motifs is 1. The molecule has 0 bridgehead atoms. The molecule has 1 fully saturated rings. The Bertz CT molecular complexity index is 740. The molecule has 1 aromatic carbocycles. The average molecular weight is 336 g/mol. The number of carbonyl (C=O) groups is 1. The maximum Gasteiger partial charge on any atom is 0.243 e. The van der Waals surface area contributed by atoms with Crippen molar-refractivity contribution < 1.29 is 13.2 Å². The van der Waals surface area contributed by atoms with Gasteiger partial charge in [0.15, 0.2) is 0 Å². The molecule has 0 aromatic heterocycles. The van der Waals surface area contributed by atoms with Gasteiger partial charge in [-0.3, -0.25) is 4.79 Å². The highest BCUT2D eigenvalue weighted by Crippen LogP contribution is 2.39. The molecule has 2 aliphatic heterocycles. The molecule has 1 amide bonds. The number of benzene rings is 1. The molecule has 126 valence electrons. The number of rotatable bonds is 2. The number of hydrogen-bond acceptors (Lipinski definition) is 3. The second-order valence-corrected chi connectivity index (χ2v) is 9.17. The molecule has 0 aliphatic carbocycles. The molecule has 5 nitrogen and oxygen atoms in total. The minimum Gasteiger partial charge on any atom is -0.326 e. The van der Waals surface area contributed by atoms with Crippen molar-refractivity contribution in [2.45, 2.75) is 62.8 Å². The van der Waals surface area contributed by atoms with Gasteiger partial charge in [0.05, 0.1) is 4.90 Å². The van der Waals surface area contributed by atoms with Gasteiger partial charge < -0.3 is 5.32 Å². The van der Waals surface area contributed by atoms with Crippen molar-refractivity contribution in [2.75, 3.05) is 11.9 Å². The number of anilines is 1. The third-order valence-electron chi connectivity index (χ3n) is 4.95. The average Bonchev–Trinajstić information content (AvgIpc) is 2.46. The van der Waals surface area contributed by atoms with Crippen LogP contribution in [-0.2, 0) is 20.2 Å². The highest BCUT2D eigenvalue weighted by atomic mass is 32.2. The van der Waals surface area contributed by atoms with Gasteiger partial charge in [0.2, 0.25) is 15.9 Å². The Hall–Kier alpha value is -1.40. The van der Waals surface area contributed by atoms with Crippen LogP contribution in [0.25, 0.3) is 0 Å². The first kappa shape index (κ1) is 16.5. The number of piperidine rings is 1. The molecule has 1 unspecified atom stereocenters. The number of nitrogens with one attached hydrogen (secondary N) is 1. The molecule has 6 heteroatoms. The van der Waals surface area contributed by atoms with Gasteiger partial charge in [0.25, 0.3) is 0 Å². The zero-order valence-electron chi connectivity index (χ0n) is 13.9. The lowest BCUT2D eigenvalue weighted by atomic mass is 9.78. The summed E-state index contributed by atoms with van der Waals surface area (Å²) in [5.74, 6) is -0.0252. The summed E-state index contributed by atoms with van der Waals surface area (Å²) in [6, 6.07) is 5.11. The van der Waals surface area contributed by atoms with Crippen molar-refractivity contribution in [3.05, 3.63) is 23.8 Å². The first-order chi connectivity index (χ1) is 10.7. The summed E-state index contributed by atoms with van der Waals surface area (Å²) in [5.41, 5.74) is 1.25. The fourth-order valence-corrected chi connectivity index (χ4v) is 5.33. The van der Waals surface area contributed by atoms with E-state index < -0.39 is 10.0 Å². The van der Waals surface area contributed by atoms with E-state index in [9.17, 15) is 13.2 Å². The first-order valence-electron chi connectivity index (χ1n) is 8.18. The Morgan fingerprint density at radius 3 is 2.70 bits per heavy atom. The van der Waals surface area contributed by atoms with Crippen molar-refractivity contribution in [2.24, 2.45) is 0 Å². The molecule has 0 saturated carbocycles. The Kier molecular flexibility index (Phi) is 4.01. The summed E-state index contributed by atoms with van der Waals surface area (Å²) in [7, 11) is -3.49.